The van der Waals surface area contributed by atoms with Crippen molar-refractivity contribution in [2.24, 2.45) is 5.73 Å². The molecule has 0 aliphatic carbocycles. The first-order valence-electron chi connectivity index (χ1n) is 11.5. The van der Waals surface area contributed by atoms with Gasteiger partial charge in [-0.05, 0) is 42.9 Å². The molecule has 188 valence electrons. The smallest absolute Gasteiger partial charge is 0.329 e. The lowest BCUT2D eigenvalue weighted by Gasteiger charge is -2.25. The average Bonchev–Trinajstić information content (AvgIpc) is 3.28. The number of aromatic nitrogens is 2. The predicted molar refractivity (Wildman–Crippen MR) is 133 cm³/mol. The zero-order valence-electron chi connectivity index (χ0n) is 19.9. The minimum atomic E-state index is -0.753. The molecule has 4 amide bonds. The van der Waals surface area contributed by atoms with Crippen LogP contribution in [0.25, 0.3) is 22.3 Å². The number of amides is 4. The summed E-state index contributed by atoms with van der Waals surface area (Å²) in [6, 6.07) is 14.8. The van der Waals surface area contributed by atoms with Crippen LogP contribution in [0.4, 0.5) is 15.0 Å². The average molecular weight is 503 g/mol. The maximum absolute atomic E-state index is 13.8. The van der Waals surface area contributed by atoms with Crippen molar-refractivity contribution >= 4 is 34.6 Å². The molecule has 1 fully saturated rings. The number of nitrogens with two attached hydrogens (primary N) is 1. The number of furan rings is 1. The lowest BCUT2D eigenvalue weighted by Crippen LogP contribution is -2.50. The number of urea groups is 1. The molecule has 0 unspecified atom stereocenters. The van der Waals surface area contributed by atoms with Crippen molar-refractivity contribution in [1.82, 2.24) is 20.4 Å². The summed E-state index contributed by atoms with van der Waals surface area (Å²) >= 11 is 0. The summed E-state index contributed by atoms with van der Waals surface area (Å²) in [5.74, 6) is -0.712. The molecule has 10 nitrogen and oxygen atoms in total. The molecular formula is C26H23FN6O4. The lowest BCUT2D eigenvalue weighted by atomic mass is 10.1. The maximum Gasteiger partial charge on any atom is 0.329 e. The second-order valence-corrected chi connectivity index (χ2v) is 8.85. The van der Waals surface area contributed by atoms with Gasteiger partial charge in [-0.25, -0.2) is 9.18 Å². The molecule has 4 aromatic rings. The van der Waals surface area contributed by atoms with Gasteiger partial charge >= 0.3 is 6.03 Å². The van der Waals surface area contributed by atoms with Crippen molar-refractivity contribution in [3.8, 4) is 11.3 Å². The van der Waals surface area contributed by atoms with Gasteiger partial charge in [-0.15, -0.1) is 5.10 Å². The molecule has 37 heavy (non-hydrogen) atoms. The first-order chi connectivity index (χ1) is 17.8. The number of carbonyl (C=O) groups excluding carboxylic acids is 3. The van der Waals surface area contributed by atoms with Gasteiger partial charge in [-0.1, -0.05) is 24.3 Å². The monoisotopic (exact) mass is 502 g/mol. The van der Waals surface area contributed by atoms with Gasteiger partial charge in [-0.3, -0.25) is 24.7 Å². The van der Waals surface area contributed by atoms with Gasteiger partial charge in [0, 0.05) is 37.0 Å². The summed E-state index contributed by atoms with van der Waals surface area (Å²) in [7, 11) is 1.95. The summed E-state index contributed by atoms with van der Waals surface area (Å²) < 4.78 is 19.7. The Labute approximate surface area is 210 Å². The third-order valence-corrected chi connectivity index (χ3v) is 6.01. The number of anilines is 1. The van der Waals surface area contributed by atoms with Crippen LogP contribution in [0, 0.1) is 5.82 Å². The molecule has 2 aromatic carbocycles. The molecule has 0 radical (unpaired) electrons. The Kier molecular flexibility index (Phi) is 6.36. The van der Waals surface area contributed by atoms with Crippen LogP contribution < -0.4 is 16.0 Å². The molecule has 1 aliphatic rings. The van der Waals surface area contributed by atoms with Gasteiger partial charge < -0.3 is 10.2 Å². The van der Waals surface area contributed by atoms with Gasteiger partial charge in [0.05, 0.1) is 11.3 Å². The van der Waals surface area contributed by atoms with Gasteiger partial charge in [0.25, 0.3) is 5.91 Å². The van der Waals surface area contributed by atoms with Crippen LogP contribution in [-0.2, 0) is 17.9 Å². The molecule has 5 rings (SSSR count). The van der Waals surface area contributed by atoms with E-state index in [1.54, 1.807) is 18.2 Å². The molecule has 3 N–H and O–H groups in total. The number of hydrogen-bond donors (Lipinski definition) is 2. The molecule has 3 heterocycles. The van der Waals surface area contributed by atoms with E-state index in [1.165, 1.54) is 11.0 Å². The fourth-order valence-electron chi connectivity index (χ4n) is 4.22. The van der Waals surface area contributed by atoms with Crippen molar-refractivity contribution < 1.29 is 23.2 Å². The lowest BCUT2D eigenvalue weighted by molar-refractivity contribution is -0.120. The minimum Gasteiger partial charge on any atom is -0.455 e. The van der Waals surface area contributed by atoms with Crippen LogP contribution in [0.1, 0.15) is 28.0 Å². The van der Waals surface area contributed by atoms with Gasteiger partial charge in [0.2, 0.25) is 5.91 Å². The molecule has 0 saturated carbocycles. The quantitative estimate of drug-likeness (QED) is 0.396. The first-order valence-corrected chi connectivity index (χ1v) is 11.5. The number of halogens is 1. The summed E-state index contributed by atoms with van der Waals surface area (Å²) in [5, 5.41) is 11.1. The fraction of sp³-hybridized carbons (Fsp3) is 0.192. The summed E-state index contributed by atoms with van der Waals surface area (Å²) in [6.07, 6.45) is 0.222. The highest BCUT2D eigenvalue weighted by Gasteiger charge is 2.25. The Morgan fingerprint density at radius 3 is 2.57 bits per heavy atom. The summed E-state index contributed by atoms with van der Waals surface area (Å²) in [5.41, 5.74) is 8.19. The van der Waals surface area contributed by atoms with Gasteiger partial charge in [-0.2, -0.15) is 5.10 Å². The van der Waals surface area contributed by atoms with Crippen LogP contribution >= 0.6 is 0 Å². The van der Waals surface area contributed by atoms with Crippen molar-refractivity contribution in [2.45, 2.75) is 19.5 Å². The number of benzene rings is 2. The van der Waals surface area contributed by atoms with Crippen LogP contribution in [0.15, 0.2) is 59.0 Å². The zero-order chi connectivity index (χ0) is 26.1. The number of nitrogens with one attached hydrogen (secondary N) is 1. The second-order valence-electron chi connectivity index (χ2n) is 8.85. The van der Waals surface area contributed by atoms with Crippen molar-refractivity contribution in [3.05, 3.63) is 77.2 Å². The molecular weight excluding hydrogens is 479 g/mol. The van der Waals surface area contributed by atoms with Crippen LogP contribution in [0.3, 0.4) is 0 Å². The van der Waals surface area contributed by atoms with E-state index >= 15 is 0 Å². The van der Waals surface area contributed by atoms with Gasteiger partial charge in [0.1, 0.15) is 17.2 Å². The number of fused-ring (bicyclic) bond motifs is 1. The molecule has 2 aromatic heterocycles. The maximum atomic E-state index is 13.8. The van der Waals surface area contributed by atoms with E-state index in [4.69, 9.17) is 10.2 Å². The molecule has 11 heteroatoms. The Bertz CT molecular complexity index is 1500. The van der Waals surface area contributed by atoms with E-state index in [-0.39, 0.29) is 30.0 Å². The zero-order valence-corrected chi connectivity index (χ0v) is 19.9. The number of carbonyl (C=O) groups is 3. The third-order valence-electron chi connectivity index (χ3n) is 6.01. The third kappa shape index (κ3) is 5.16. The summed E-state index contributed by atoms with van der Waals surface area (Å²) in [6.45, 7) is 1.44. The number of primary amides is 1. The minimum absolute atomic E-state index is 0.00456. The van der Waals surface area contributed by atoms with Crippen LogP contribution in [0.2, 0.25) is 0 Å². The van der Waals surface area contributed by atoms with E-state index in [0.717, 1.165) is 22.9 Å². The molecule has 0 spiro atoms. The standard InChI is InChI=1S/C26H23FN6O4/c1-32(14-19-6-7-22(31-30-19)33-9-8-23(34)29-26(33)36)13-15-2-4-16(5-3-15)21-11-17-10-18(27)12-20(25(28)35)24(17)37-21/h2-7,10-12H,8-9,13-14H2,1H3,(H2,28,35)(H,29,34,36). The SMILES string of the molecule is CN(Cc1ccc(-c2cc3cc(F)cc(C(N)=O)c3o2)cc1)Cc1ccc(N2CCC(=O)NC2=O)nn1. The second kappa shape index (κ2) is 9.78. The molecule has 0 bridgehead atoms. The van der Waals surface area contributed by atoms with Crippen LogP contribution in [-0.4, -0.2) is 46.5 Å². The van der Waals surface area contributed by atoms with E-state index in [1.807, 2.05) is 31.3 Å². The number of nitrogens with zero attached hydrogens (tertiary/aromatic N) is 4. The van der Waals surface area contributed by atoms with Crippen LogP contribution in [0.5, 0.6) is 0 Å². The Hall–Kier alpha value is -4.64. The van der Waals surface area contributed by atoms with E-state index < -0.39 is 17.8 Å². The van der Waals surface area contributed by atoms with Crippen molar-refractivity contribution in [3.63, 3.8) is 0 Å². The molecule has 0 atom stereocenters. The summed E-state index contributed by atoms with van der Waals surface area (Å²) in [4.78, 5) is 38.4. The van der Waals surface area contributed by atoms with Crippen molar-refractivity contribution in [1.29, 1.82) is 0 Å². The fourth-order valence-corrected chi connectivity index (χ4v) is 4.22. The topological polar surface area (TPSA) is 135 Å². The largest absolute Gasteiger partial charge is 0.455 e. The number of rotatable bonds is 7. The Morgan fingerprint density at radius 1 is 1.11 bits per heavy atom. The molecule has 1 saturated heterocycles. The van der Waals surface area contributed by atoms with Gasteiger partial charge in [0.15, 0.2) is 5.82 Å². The normalized spacial score (nSPS) is 13.9. The number of imide groups is 1. The van der Waals surface area contributed by atoms with E-state index in [0.29, 0.717) is 30.1 Å². The van der Waals surface area contributed by atoms with E-state index in [9.17, 15) is 18.8 Å². The van der Waals surface area contributed by atoms with Crippen molar-refractivity contribution in [2.75, 3.05) is 18.5 Å². The van der Waals surface area contributed by atoms with E-state index in [2.05, 4.69) is 20.4 Å². The molecule has 1 aliphatic heterocycles. The highest BCUT2D eigenvalue weighted by Crippen LogP contribution is 2.31. The highest BCUT2D eigenvalue weighted by atomic mass is 19.1. The Balaban J connectivity index is 1.23. The predicted octanol–water partition coefficient (Wildman–Crippen LogP) is 3.21. The Morgan fingerprint density at radius 2 is 1.89 bits per heavy atom. The first kappa shape index (κ1) is 24.1. The highest BCUT2D eigenvalue weighted by molar-refractivity contribution is 6.05. The number of hydrogen-bond acceptors (Lipinski definition) is 7.